The molecular weight excluding hydrogens is 321 g/mol. The van der Waals surface area contributed by atoms with Crippen LogP contribution in [0.15, 0.2) is 41.5 Å². The zero-order valence-corrected chi connectivity index (χ0v) is 13.2. The van der Waals surface area contributed by atoms with E-state index in [9.17, 15) is 0 Å². The first-order chi connectivity index (χ1) is 10.6. The van der Waals surface area contributed by atoms with Gasteiger partial charge in [0.25, 0.3) is 0 Å². The molecule has 1 heterocycles. The molecular formula is C16H15Cl2N3O. The zero-order valence-electron chi connectivity index (χ0n) is 11.7. The lowest BCUT2D eigenvalue weighted by molar-refractivity contribution is 0.262. The molecule has 114 valence electrons. The van der Waals surface area contributed by atoms with Crippen molar-refractivity contribution in [3.05, 3.63) is 63.1 Å². The molecule has 1 aliphatic heterocycles. The maximum Gasteiger partial charge on any atom is 0.150 e. The highest BCUT2D eigenvalue weighted by Crippen LogP contribution is 2.37. The Morgan fingerprint density at radius 1 is 1.18 bits per heavy atom. The lowest BCUT2D eigenvalue weighted by atomic mass is 9.89. The van der Waals surface area contributed by atoms with Gasteiger partial charge >= 0.3 is 0 Å². The van der Waals surface area contributed by atoms with Crippen molar-refractivity contribution >= 4 is 29.0 Å². The fraction of sp³-hybridized carbons (Fsp3) is 0.188. The molecule has 4 N–H and O–H groups in total. The van der Waals surface area contributed by atoms with Crippen molar-refractivity contribution in [3.63, 3.8) is 0 Å². The number of fused-ring (bicyclic) bond motifs is 1. The van der Waals surface area contributed by atoms with Crippen LogP contribution in [0.4, 0.5) is 0 Å². The van der Waals surface area contributed by atoms with E-state index in [0.29, 0.717) is 22.5 Å². The van der Waals surface area contributed by atoms with Crippen LogP contribution in [-0.4, -0.2) is 12.4 Å². The van der Waals surface area contributed by atoms with Crippen molar-refractivity contribution < 1.29 is 4.74 Å². The molecule has 6 heteroatoms. The van der Waals surface area contributed by atoms with Gasteiger partial charge in [-0.3, -0.25) is 0 Å². The van der Waals surface area contributed by atoms with E-state index in [1.54, 1.807) is 6.07 Å². The number of ether oxygens (including phenoxy) is 1. The SMILES string of the molecule is N/N=C(\N)c1cccc(C2COc3cc(Cl)c(Cl)cc3C2)c1. The third-order valence-corrected chi connectivity index (χ3v) is 4.52. The minimum atomic E-state index is 0.218. The molecule has 22 heavy (non-hydrogen) atoms. The topological polar surface area (TPSA) is 73.6 Å². The van der Waals surface area contributed by atoms with Crippen molar-refractivity contribution in [2.45, 2.75) is 12.3 Å². The van der Waals surface area contributed by atoms with Gasteiger partial charge in [0.2, 0.25) is 0 Å². The number of hydrogen-bond acceptors (Lipinski definition) is 3. The summed E-state index contributed by atoms with van der Waals surface area (Å²) in [6.45, 7) is 0.577. The fourth-order valence-electron chi connectivity index (χ4n) is 2.62. The van der Waals surface area contributed by atoms with Crippen LogP contribution in [-0.2, 0) is 6.42 Å². The molecule has 0 amide bonds. The molecule has 0 spiro atoms. The minimum absolute atomic E-state index is 0.218. The summed E-state index contributed by atoms with van der Waals surface area (Å²) in [5, 5.41) is 4.58. The fourth-order valence-corrected chi connectivity index (χ4v) is 2.96. The van der Waals surface area contributed by atoms with E-state index >= 15 is 0 Å². The van der Waals surface area contributed by atoms with Crippen molar-refractivity contribution in [1.29, 1.82) is 0 Å². The van der Waals surface area contributed by atoms with E-state index in [1.807, 2.05) is 30.3 Å². The van der Waals surface area contributed by atoms with Crippen LogP contribution < -0.4 is 16.3 Å². The lowest BCUT2D eigenvalue weighted by Gasteiger charge is -2.26. The molecule has 2 aromatic carbocycles. The molecule has 4 nitrogen and oxygen atoms in total. The maximum atomic E-state index is 6.09. The molecule has 0 bridgehead atoms. The molecule has 0 fully saturated rings. The van der Waals surface area contributed by atoms with E-state index in [0.717, 1.165) is 28.9 Å². The second kappa shape index (κ2) is 6.07. The van der Waals surface area contributed by atoms with Crippen LogP contribution in [0.25, 0.3) is 0 Å². The van der Waals surface area contributed by atoms with Crippen LogP contribution in [0, 0.1) is 0 Å². The normalized spacial score (nSPS) is 17.7. The summed E-state index contributed by atoms with van der Waals surface area (Å²) < 4.78 is 5.82. The second-order valence-corrected chi connectivity index (χ2v) is 6.04. The number of rotatable bonds is 2. The number of hydrazone groups is 1. The molecule has 0 saturated carbocycles. The van der Waals surface area contributed by atoms with Crippen molar-refractivity contribution in [3.8, 4) is 5.75 Å². The number of nitrogens with two attached hydrogens (primary N) is 2. The molecule has 1 atom stereocenters. The standard InChI is InChI=1S/C16H15Cl2N3O/c17-13-6-11-5-12(8-22-15(11)7-14(13)18)9-2-1-3-10(4-9)16(19)21-20/h1-4,6-7,12H,5,8,20H2,(H2,19,21). The highest BCUT2D eigenvalue weighted by atomic mass is 35.5. The third kappa shape index (κ3) is 2.85. The minimum Gasteiger partial charge on any atom is -0.493 e. The lowest BCUT2D eigenvalue weighted by Crippen LogP contribution is -2.20. The highest BCUT2D eigenvalue weighted by molar-refractivity contribution is 6.42. The van der Waals surface area contributed by atoms with E-state index < -0.39 is 0 Å². The monoisotopic (exact) mass is 335 g/mol. The van der Waals surface area contributed by atoms with Gasteiger partial charge in [0.05, 0.1) is 16.7 Å². The number of halogens is 2. The summed E-state index contributed by atoms with van der Waals surface area (Å²) in [5.41, 5.74) is 8.75. The first kappa shape index (κ1) is 15.0. The largest absolute Gasteiger partial charge is 0.493 e. The van der Waals surface area contributed by atoms with Crippen LogP contribution in [0.1, 0.15) is 22.6 Å². The van der Waals surface area contributed by atoms with E-state index in [2.05, 4.69) is 5.10 Å². The van der Waals surface area contributed by atoms with Gasteiger partial charge in [-0.25, -0.2) is 0 Å². The molecule has 2 aromatic rings. The first-order valence-corrected chi connectivity index (χ1v) is 7.58. The predicted octanol–water partition coefficient (Wildman–Crippen LogP) is 3.29. The van der Waals surface area contributed by atoms with Gasteiger partial charge in [0.15, 0.2) is 0 Å². The third-order valence-electron chi connectivity index (χ3n) is 3.80. The van der Waals surface area contributed by atoms with Gasteiger partial charge in [0.1, 0.15) is 11.6 Å². The van der Waals surface area contributed by atoms with Crippen molar-refractivity contribution in [1.82, 2.24) is 0 Å². The van der Waals surface area contributed by atoms with Crippen LogP contribution in [0.3, 0.4) is 0 Å². The Bertz CT molecular complexity index is 746. The average molecular weight is 336 g/mol. The Hall–Kier alpha value is -1.91. The number of amidine groups is 1. The highest BCUT2D eigenvalue weighted by Gasteiger charge is 2.23. The molecule has 3 rings (SSSR count). The summed E-state index contributed by atoms with van der Waals surface area (Å²) in [5.74, 6) is 6.57. The Balaban J connectivity index is 1.90. The van der Waals surface area contributed by atoms with Gasteiger partial charge in [-0.2, -0.15) is 5.10 Å². The van der Waals surface area contributed by atoms with Gasteiger partial charge in [-0.15, -0.1) is 0 Å². The van der Waals surface area contributed by atoms with Gasteiger partial charge < -0.3 is 16.3 Å². The van der Waals surface area contributed by atoms with Crippen molar-refractivity contribution in [2.75, 3.05) is 6.61 Å². The summed E-state index contributed by atoms with van der Waals surface area (Å²) in [4.78, 5) is 0. The summed E-state index contributed by atoms with van der Waals surface area (Å²) in [6, 6.07) is 11.5. The molecule has 1 unspecified atom stereocenters. The predicted molar refractivity (Wildman–Crippen MR) is 89.8 cm³/mol. The van der Waals surface area contributed by atoms with Crippen molar-refractivity contribution in [2.24, 2.45) is 16.7 Å². The molecule has 0 saturated heterocycles. The van der Waals surface area contributed by atoms with Gasteiger partial charge in [0, 0.05) is 17.5 Å². The summed E-state index contributed by atoms with van der Waals surface area (Å²) in [7, 11) is 0. The molecule has 0 aliphatic carbocycles. The van der Waals surface area contributed by atoms with E-state index in [4.69, 9.17) is 39.5 Å². The Morgan fingerprint density at radius 3 is 2.73 bits per heavy atom. The van der Waals surface area contributed by atoms with Gasteiger partial charge in [-0.1, -0.05) is 41.4 Å². The maximum absolute atomic E-state index is 6.09. The molecule has 1 aliphatic rings. The number of hydrogen-bond donors (Lipinski definition) is 2. The Labute approximate surface area is 138 Å². The smallest absolute Gasteiger partial charge is 0.150 e. The average Bonchev–Trinajstić information content (AvgIpc) is 2.55. The van der Waals surface area contributed by atoms with Crippen LogP contribution in [0.5, 0.6) is 5.75 Å². The zero-order chi connectivity index (χ0) is 15.7. The number of benzene rings is 2. The van der Waals surface area contributed by atoms with E-state index in [1.165, 1.54) is 0 Å². The summed E-state index contributed by atoms with van der Waals surface area (Å²) in [6.07, 6.45) is 0.829. The molecule has 0 radical (unpaired) electrons. The van der Waals surface area contributed by atoms with Gasteiger partial charge in [-0.05, 0) is 29.7 Å². The second-order valence-electron chi connectivity index (χ2n) is 5.23. The molecule has 0 aromatic heterocycles. The Kier molecular flexibility index (Phi) is 4.14. The first-order valence-electron chi connectivity index (χ1n) is 6.83. The van der Waals surface area contributed by atoms with E-state index in [-0.39, 0.29) is 5.92 Å². The quantitative estimate of drug-likeness (QED) is 0.382. The number of nitrogens with zero attached hydrogens (tertiary/aromatic N) is 1. The van der Waals surface area contributed by atoms with Crippen LogP contribution >= 0.6 is 23.2 Å². The van der Waals surface area contributed by atoms with Crippen LogP contribution in [0.2, 0.25) is 10.0 Å². The summed E-state index contributed by atoms with van der Waals surface area (Å²) >= 11 is 12.1. The Morgan fingerprint density at radius 2 is 1.95 bits per heavy atom.